The number of hydrogen-bond donors (Lipinski definition) is 4. The van der Waals surface area contributed by atoms with Crippen LogP contribution in [0.2, 0.25) is 5.02 Å². The largest absolute Gasteiger partial charge is 0.497 e. The molecule has 2 aromatic rings. The van der Waals surface area contributed by atoms with Crippen LogP contribution in [-0.4, -0.2) is 45.7 Å². The summed E-state index contributed by atoms with van der Waals surface area (Å²) in [6.45, 7) is 1.67. The number of carbonyl (C=O) groups excluding carboxylic acids is 1. The first-order valence-electron chi connectivity index (χ1n) is 9.35. The average Bonchev–Trinajstić information content (AvgIpc) is 2.76. The van der Waals surface area contributed by atoms with Gasteiger partial charge in [-0.25, -0.2) is 8.42 Å². The fraction of sp³-hybridized carbons (Fsp3) is 0.300. The average molecular weight is 486 g/mol. The second kappa shape index (κ2) is 11.0. The molecule has 0 saturated heterocycles. The second-order valence-electron chi connectivity index (χ2n) is 6.70. The summed E-state index contributed by atoms with van der Waals surface area (Å²) in [5, 5.41) is 9.62. The van der Waals surface area contributed by atoms with E-state index < -0.39 is 27.9 Å². The highest BCUT2D eigenvalue weighted by Crippen LogP contribution is 2.30. The lowest BCUT2D eigenvalue weighted by Crippen LogP contribution is -2.42. The molecule has 2 aromatic carbocycles. The van der Waals surface area contributed by atoms with Gasteiger partial charge in [0.15, 0.2) is 0 Å². The number of halogens is 1. The van der Waals surface area contributed by atoms with Crippen molar-refractivity contribution in [2.24, 2.45) is 0 Å². The van der Waals surface area contributed by atoms with Crippen molar-refractivity contribution in [3.63, 3.8) is 0 Å². The van der Waals surface area contributed by atoms with Gasteiger partial charge in [0.25, 0.3) is 0 Å². The number of aliphatic carboxylic acids is 1. The number of amides is 1. The van der Waals surface area contributed by atoms with Crippen LogP contribution in [0.4, 0.5) is 5.69 Å². The fourth-order valence-corrected chi connectivity index (χ4v) is 4.27. The Labute approximate surface area is 190 Å². The number of carbonyl (C=O) groups is 2. The Kier molecular flexibility index (Phi) is 8.70. The van der Waals surface area contributed by atoms with Crippen LogP contribution >= 0.6 is 11.6 Å². The number of methoxy groups -OCH3 is 2. The summed E-state index contributed by atoms with van der Waals surface area (Å²) in [7, 11) is -1.48. The quantitative estimate of drug-likeness (QED) is 0.355. The maximum absolute atomic E-state index is 12.8. The molecule has 0 unspecified atom stereocenters. The van der Waals surface area contributed by atoms with E-state index in [4.69, 9.17) is 21.1 Å². The normalized spacial score (nSPS) is 12.0. The molecule has 0 heterocycles. The Morgan fingerprint density at radius 2 is 1.78 bits per heavy atom. The van der Waals surface area contributed by atoms with Crippen molar-refractivity contribution in [3.8, 4) is 11.5 Å². The van der Waals surface area contributed by atoms with E-state index in [1.165, 1.54) is 26.4 Å². The number of hydrogen-bond acceptors (Lipinski definition) is 7. The van der Waals surface area contributed by atoms with Crippen LogP contribution in [0.25, 0.3) is 0 Å². The molecule has 32 heavy (non-hydrogen) atoms. The topological polar surface area (TPSA) is 143 Å². The molecule has 10 nitrogen and oxygen atoms in total. The minimum atomic E-state index is -4.30. The Hall–Kier alpha value is -3.02. The van der Waals surface area contributed by atoms with Crippen molar-refractivity contribution in [3.05, 3.63) is 47.0 Å². The highest BCUT2D eigenvalue weighted by Gasteiger charge is 2.28. The lowest BCUT2D eigenvalue weighted by Gasteiger charge is -2.17. The minimum absolute atomic E-state index is 0.0185. The summed E-state index contributed by atoms with van der Waals surface area (Å²) in [5.41, 5.74) is 6.27. The van der Waals surface area contributed by atoms with Crippen LogP contribution in [0.1, 0.15) is 18.4 Å². The number of nitrogens with one attached hydrogen (secondary N) is 3. The molecular formula is C20H24ClN3O7S. The van der Waals surface area contributed by atoms with Gasteiger partial charge >= 0.3 is 5.97 Å². The predicted molar refractivity (Wildman–Crippen MR) is 118 cm³/mol. The van der Waals surface area contributed by atoms with Gasteiger partial charge in [-0.2, -0.15) is 4.72 Å². The summed E-state index contributed by atoms with van der Waals surface area (Å²) in [6, 6.07) is 7.80. The van der Waals surface area contributed by atoms with Crippen molar-refractivity contribution in [2.45, 2.75) is 30.7 Å². The first-order valence-corrected chi connectivity index (χ1v) is 11.2. The first-order chi connectivity index (χ1) is 15.1. The Balaban J connectivity index is 2.02. The van der Waals surface area contributed by atoms with E-state index in [0.717, 1.165) is 0 Å². The maximum atomic E-state index is 12.8. The highest BCUT2D eigenvalue weighted by molar-refractivity contribution is 7.89. The number of carboxylic acids is 1. The first kappa shape index (κ1) is 25.2. The molecule has 0 radical (unpaired) electrons. The number of rotatable bonds is 11. The lowest BCUT2D eigenvalue weighted by atomic mass is 10.1. The minimum Gasteiger partial charge on any atom is -0.497 e. The maximum Gasteiger partial charge on any atom is 0.321 e. The smallest absolute Gasteiger partial charge is 0.321 e. The van der Waals surface area contributed by atoms with Crippen molar-refractivity contribution in [2.75, 3.05) is 19.6 Å². The van der Waals surface area contributed by atoms with Gasteiger partial charge in [-0.15, -0.1) is 0 Å². The van der Waals surface area contributed by atoms with E-state index in [1.807, 2.05) is 0 Å². The van der Waals surface area contributed by atoms with Gasteiger partial charge in [-0.3, -0.25) is 20.4 Å². The standard InChI is InChI=1S/C20H24ClN3O7S/c1-12-10-17(31-3)18(11-15(12)21)32(28,29)24-16(20(26)27)8-9-19(25)23-22-13-4-6-14(30-2)7-5-13/h4-7,10-11,16,22,24H,8-9H2,1-3H3,(H,23,25)(H,26,27)/t16-/m0/s1. The van der Waals surface area contributed by atoms with Crippen LogP contribution < -0.4 is 25.0 Å². The van der Waals surface area contributed by atoms with E-state index in [9.17, 15) is 23.1 Å². The lowest BCUT2D eigenvalue weighted by molar-refractivity contribution is -0.139. The van der Waals surface area contributed by atoms with Crippen molar-refractivity contribution in [1.29, 1.82) is 0 Å². The molecule has 0 fully saturated rings. The Morgan fingerprint density at radius 1 is 1.12 bits per heavy atom. The molecule has 0 aromatic heterocycles. The van der Waals surface area contributed by atoms with Crippen molar-refractivity contribution in [1.82, 2.24) is 10.1 Å². The van der Waals surface area contributed by atoms with Gasteiger partial charge in [-0.1, -0.05) is 11.6 Å². The van der Waals surface area contributed by atoms with E-state index in [0.29, 0.717) is 17.0 Å². The van der Waals surface area contributed by atoms with Gasteiger partial charge in [0.05, 0.1) is 19.9 Å². The van der Waals surface area contributed by atoms with E-state index in [1.54, 1.807) is 31.2 Å². The number of anilines is 1. The summed E-state index contributed by atoms with van der Waals surface area (Å²) in [6.07, 6.45) is -0.541. The van der Waals surface area contributed by atoms with Gasteiger partial charge in [-0.05, 0) is 55.3 Å². The molecular weight excluding hydrogens is 462 g/mol. The van der Waals surface area contributed by atoms with Crippen molar-refractivity contribution < 1.29 is 32.6 Å². The molecule has 12 heteroatoms. The third kappa shape index (κ3) is 6.74. The highest BCUT2D eigenvalue weighted by atomic mass is 35.5. The zero-order valence-corrected chi connectivity index (χ0v) is 19.2. The van der Waals surface area contributed by atoms with Gasteiger partial charge < -0.3 is 14.6 Å². The third-order valence-electron chi connectivity index (χ3n) is 4.43. The Morgan fingerprint density at radius 3 is 2.34 bits per heavy atom. The van der Waals surface area contributed by atoms with E-state index in [-0.39, 0.29) is 28.5 Å². The number of aryl methyl sites for hydroxylation is 1. The van der Waals surface area contributed by atoms with Gasteiger partial charge in [0, 0.05) is 11.4 Å². The van der Waals surface area contributed by atoms with E-state index >= 15 is 0 Å². The van der Waals surface area contributed by atoms with Crippen LogP contribution in [-0.2, 0) is 19.6 Å². The number of hydrazine groups is 1. The summed E-state index contributed by atoms with van der Waals surface area (Å²) < 4.78 is 37.7. The summed E-state index contributed by atoms with van der Waals surface area (Å²) in [5.74, 6) is -1.29. The van der Waals surface area contributed by atoms with Crippen LogP contribution in [0.3, 0.4) is 0 Å². The molecule has 0 aliphatic carbocycles. The molecule has 0 spiro atoms. The van der Waals surface area contributed by atoms with Crippen LogP contribution in [0.5, 0.6) is 11.5 Å². The Bertz CT molecular complexity index is 1080. The third-order valence-corrected chi connectivity index (χ3v) is 6.33. The predicted octanol–water partition coefficient (Wildman–Crippen LogP) is 2.32. The molecule has 0 saturated carbocycles. The molecule has 0 bridgehead atoms. The fourth-order valence-electron chi connectivity index (χ4n) is 2.64. The zero-order chi connectivity index (χ0) is 23.9. The monoisotopic (exact) mass is 485 g/mol. The van der Waals surface area contributed by atoms with Crippen LogP contribution in [0, 0.1) is 6.92 Å². The summed E-state index contributed by atoms with van der Waals surface area (Å²) in [4.78, 5) is 23.4. The molecule has 1 amide bonds. The molecule has 2 rings (SSSR count). The van der Waals surface area contributed by atoms with Crippen molar-refractivity contribution >= 4 is 39.2 Å². The number of ether oxygens (including phenoxy) is 2. The van der Waals surface area contributed by atoms with Crippen LogP contribution in [0.15, 0.2) is 41.3 Å². The molecule has 0 aliphatic rings. The number of carboxylic acid groups (broad SMARTS) is 1. The SMILES string of the molecule is COc1ccc(NNC(=O)CC[C@H](NS(=O)(=O)c2cc(Cl)c(C)cc2OC)C(=O)O)cc1. The van der Waals surface area contributed by atoms with Gasteiger partial charge in [0.2, 0.25) is 15.9 Å². The summed E-state index contributed by atoms with van der Waals surface area (Å²) >= 11 is 6.02. The number of benzene rings is 2. The molecule has 0 aliphatic heterocycles. The van der Waals surface area contributed by atoms with Gasteiger partial charge in [0.1, 0.15) is 22.4 Å². The molecule has 174 valence electrons. The number of sulfonamides is 1. The zero-order valence-electron chi connectivity index (χ0n) is 17.6. The molecule has 4 N–H and O–H groups in total. The molecule has 1 atom stereocenters. The second-order valence-corrected chi connectivity index (χ2v) is 8.79. The van der Waals surface area contributed by atoms with E-state index in [2.05, 4.69) is 15.6 Å².